The molecular formula is C25H26N2O3S. The number of thiophene rings is 1. The van der Waals surface area contributed by atoms with Crippen molar-refractivity contribution in [2.24, 2.45) is 5.92 Å². The van der Waals surface area contributed by atoms with Crippen LogP contribution in [0.5, 0.6) is 5.75 Å². The number of carbonyl (C=O) groups is 1. The highest BCUT2D eigenvalue weighted by atomic mass is 32.1. The molecular weight excluding hydrogens is 408 g/mol. The fourth-order valence-electron chi connectivity index (χ4n) is 5.61. The van der Waals surface area contributed by atoms with E-state index in [1.54, 1.807) is 17.5 Å². The molecule has 1 saturated carbocycles. The predicted octanol–water partition coefficient (Wildman–Crippen LogP) is 5.42. The number of aliphatic carboxylic acids is 1. The van der Waals surface area contributed by atoms with Crippen LogP contribution in [0.4, 0.5) is 0 Å². The van der Waals surface area contributed by atoms with Crippen LogP contribution in [-0.2, 0) is 16.6 Å². The van der Waals surface area contributed by atoms with E-state index < -0.39 is 11.6 Å². The molecule has 2 heterocycles. The number of benzene rings is 1. The van der Waals surface area contributed by atoms with Gasteiger partial charge in [0.2, 0.25) is 0 Å². The van der Waals surface area contributed by atoms with Crippen LogP contribution in [0.25, 0.3) is 10.6 Å². The van der Waals surface area contributed by atoms with E-state index >= 15 is 0 Å². The summed E-state index contributed by atoms with van der Waals surface area (Å²) in [7, 11) is 0. The van der Waals surface area contributed by atoms with E-state index in [4.69, 9.17) is 4.74 Å². The molecule has 0 aliphatic heterocycles. The molecule has 0 bridgehead atoms. The van der Waals surface area contributed by atoms with Gasteiger partial charge in [0.1, 0.15) is 17.2 Å². The third kappa shape index (κ3) is 3.33. The lowest BCUT2D eigenvalue weighted by molar-refractivity contribution is -0.144. The quantitative estimate of drug-likeness (QED) is 0.594. The van der Waals surface area contributed by atoms with Crippen molar-refractivity contribution in [3.63, 3.8) is 0 Å². The van der Waals surface area contributed by atoms with Crippen LogP contribution in [0.1, 0.15) is 49.6 Å². The van der Waals surface area contributed by atoms with Gasteiger partial charge in [-0.25, -0.2) is 9.97 Å². The number of aryl methyl sites for hydroxylation is 1. The Balaban J connectivity index is 1.47. The lowest BCUT2D eigenvalue weighted by atomic mass is 9.61. The molecule has 1 aromatic carbocycles. The molecule has 3 aromatic rings. The van der Waals surface area contributed by atoms with Crippen LogP contribution in [-0.4, -0.2) is 26.6 Å². The molecule has 2 aliphatic carbocycles. The van der Waals surface area contributed by atoms with Crippen molar-refractivity contribution >= 4 is 17.3 Å². The van der Waals surface area contributed by atoms with E-state index in [9.17, 15) is 9.90 Å². The summed E-state index contributed by atoms with van der Waals surface area (Å²) in [5.41, 5.74) is 2.98. The second kappa shape index (κ2) is 7.45. The first kappa shape index (κ1) is 20.2. The Bertz CT molecular complexity index is 1130. The minimum atomic E-state index is -0.675. The summed E-state index contributed by atoms with van der Waals surface area (Å²) in [5.74, 6) is 0.676. The lowest BCUT2D eigenvalue weighted by Gasteiger charge is -2.47. The molecule has 5 rings (SSSR count). The van der Waals surface area contributed by atoms with Gasteiger partial charge in [-0.15, -0.1) is 11.3 Å². The molecule has 0 saturated heterocycles. The van der Waals surface area contributed by atoms with Gasteiger partial charge in [0.25, 0.3) is 0 Å². The molecule has 31 heavy (non-hydrogen) atoms. The molecule has 1 atom stereocenters. The standard InChI is InChI=1S/C25H26N2O3S/c1-16-26-12-9-21(27-16)22-13-19(15-31-22)30-24(2)14-18-5-3-4-6-20(18)25(24)10-7-17(8-11-25)23(28)29/h3-6,9,12-13,15,17H,7-8,10-11,14H2,1-2H3,(H,28,29). The van der Waals surface area contributed by atoms with Crippen molar-refractivity contribution in [1.82, 2.24) is 9.97 Å². The number of carboxylic acid groups (broad SMARTS) is 1. The number of fused-ring (bicyclic) bond motifs is 2. The molecule has 2 aliphatic rings. The van der Waals surface area contributed by atoms with Gasteiger partial charge in [0, 0.05) is 29.5 Å². The molecule has 160 valence electrons. The topological polar surface area (TPSA) is 72.3 Å². The predicted molar refractivity (Wildman–Crippen MR) is 121 cm³/mol. The monoisotopic (exact) mass is 434 g/mol. The van der Waals surface area contributed by atoms with Gasteiger partial charge in [-0.1, -0.05) is 24.3 Å². The third-order valence-electron chi connectivity index (χ3n) is 7.21. The van der Waals surface area contributed by atoms with E-state index in [0.717, 1.165) is 41.4 Å². The zero-order valence-corrected chi connectivity index (χ0v) is 18.6. The van der Waals surface area contributed by atoms with Crippen molar-refractivity contribution in [2.45, 2.75) is 57.0 Å². The first-order chi connectivity index (χ1) is 14.9. The van der Waals surface area contributed by atoms with Crippen LogP contribution < -0.4 is 4.74 Å². The van der Waals surface area contributed by atoms with E-state index in [0.29, 0.717) is 12.8 Å². The minimum Gasteiger partial charge on any atom is -0.485 e. The van der Waals surface area contributed by atoms with Crippen molar-refractivity contribution in [3.8, 4) is 16.3 Å². The summed E-state index contributed by atoms with van der Waals surface area (Å²) in [4.78, 5) is 21.4. The maximum absolute atomic E-state index is 11.6. The highest BCUT2D eigenvalue weighted by Gasteiger charge is 2.58. The summed E-state index contributed by atoms with van der Waals surface area (Å²) in [5, 5.41) is 11.6. The highest BCUT2D eigenvalue weighted by Crippen LogP contribution is 2.56. The average molecular weight is 435 g/mol. The van der Waals surface area contributed by atoms with Crippen LogP contribution >= 0.6 is 11.3 Å². The van der Waals surface area contributed by atoms with E-state index in [-0.39, 0.29) is 11.3 Å². The zero-order valence-electron chi connectivity index (χ0n) is 17.8. The fourth-order valence-corrected chi connectivity index (χ4v) is 6.39. The normalized spacial score (nSPS) is 27.2. The second-order valence-electron chi connectivity index (χ2n) is 9.00. The zero-order chi connectivity index (χ0) is 21.6. The molecule has 1 N–H and O–H groups in total. The lowest BCUT2D eigenvalue weighted by Crippen LogP contribution is -2.53. The summed E-state index contributed by atoms with van der Waals surface area (Å²) in [6, 6.07) is 12.6. The average Bonchev–Trinajstić information content (AvgIpc) is 3.30. The van der Waals surface area contributed by atoms with Gasteiger partial charge >= 0.3 is 5.97 Å². The molecule has 1 fully saturated rings. The summed E-state index contributed by atoms with van der Waals surface area (Å²) < 4.78 is 6.79. The molecule has 2 aromatic heterocycles. The largest absolute Gasteiger partial charge is 0.485 e. The molecule has 1 unspecified atom stereocenters. The third-order valence-corrected chi connectivity index (χ3v) is 8.14. The molecule has 0 amide bonds. The number of hydrogen-bond acceptors (Lipinski definition) is 5. The Morgan fingerprint density at radius 3 is 2.74 bits per heavy atom. The van der Waals surface area contributed by atoms with E-state index in [2.05, 4.69) is 52.6 Å². The highest BCUT2D eigenvalue weighted by molar-refractivity contribution is 7.13. The van der Waals surface area contributed by atoms with Crippen LogP contribution in [0, 0.1) is 12.8 Å². The molecule has 1 spiro atoms. The number of ether oxygens (including phenoxy) is 1. The number of nitrogens with zero attached hydrogens (tertiary/aromatic N) is 2. The van der Waals surface area contributed by atoms with Gasteiger partial charge in [-0.05, 0) is 56.7 Å². The maximum atomic E-state index is 11.6. The molecule has 5 nitrogen and oxygen atoms in total. The van der Waals surface area contributed by atoms with Crippen LogP contribution in [0.2, 0.25) is 0 Å². The van der Waals surface area contributed by atoms with Gasteiger partial charge in [0.05, 0.1) is 16.5 Å². The van der Waals surface area contributed by atoms with Crippen molar-refractivity contribution < 1.29 is 14.6 Å². The summed E-state index contributed by atoms with van der Waals surface area (Å²) in [6.07, 6.45) is 5.66. The van der Waals surface area contributed by atoms with Crippen LogP contribution in [0.3, 0.4) is 0 Å². The summed E-state index contributed by atoms with van der Waals surface area (Å²) in [6.45, 7) is 4.10. The Hall–Kier alpha value is -2.73. The van der Waals surface area contributed by atoms with Gasteiger partial charge in [0.15, 0.2) is 0 Å². The van der Waals surface area contributed by atoms with Gasteiger partial charge in [-0.3, -0.25) is 4.79 Å². The Morgan fingerprint density at radius 1 is 1.23 bits per heavy atom. The number of carboxylic acids is 1. The summed E-state index contributed by atoms with van der Waals surface area (Å²) >= 11 is 1.62. The number of hydrogen-bond donors (Lipinski definition) is 1. The SMILES string of the molecule is Cc1nccc(-c2cc(OC3(C)Cc4ccccc4C34CCC(C(=O)O)CC4)cs2)n1. The van der Waals surface area contributed by atoms with Gasteiger partial charge < -0.3 is 9.84 Å². The van der Waals surface area contributed by atoms with E-state index in [1.807, 2.05) is 13.0 Å². The minimum absolute atomic E-state index is 0.164. The van der Waals surface area contributed by atoms with Crippen LogP contribution in [0.15, 0.2) is 48.0 Å². The van der Waals surface area contributed by atoms with Crippen molar-refractivity contribution in [3.05, 3.63) is 64.9 Å². The number of rotatable bonds is 4. The maximum Gasteiger partial charge on any atom is 0.306 e. The molecule has 6 heteroatoms. The smallest absolute Gasteiger partial charge is 0.306 e. The van der Waals surface area contributed by atoms with Crippen molar-refractivity contribution in [1.29, 1.82) is 0 Å². The molecule has 0 radical (unpaired) electrons. The Labute approximate surface area is 186 Å². The fraction of sp³-hybridized carbons (Fsp3) is 0.400. The van der Waals surface area contributed by atoms with E-state index in [1.165, 1.54) is 11.1 Å². The van der Waals surface area contributed by atoms with Crippen molar-refractivity contribution in [2.75, 3.05) is 0 Å². The Morgan fingerprint density at radius 2 is 2.00 bits per heavy atom. The Kier molecular flexibility index (Phi) is 4.85. The first-order valence-corrected chi connectivity index (χ1v) is 11.7. The first-order valence-electron chi connectivity index (χ1n) is 10.8. The number of aromatic nitrogens is 2. The second-order valence-corrected chi connectivity index (χ2v) is 9.91. The van der Waals surface area contributed by atoms with Gasteiger partial charge in [-0.2, -0.15) is 0 Å².